The molecule has 3 nitrogen and oxygen atoms in total. The molecule has 0 radical (unpaired) electrons. The van der Waals surface area contributed by atoms with Gasteiger partial charge in [0.25, 0.3) is 0 Å². The predicted octanol–water partition coefficient (Wildman–Crippen LogP) is 1.76. The molecule has 96 valence electrons. The first-order valence-corrected chi connectivity index (χ1v) is 7.12. The molecule has 0 aliphatic carbocycles. The van der Waals surface area contributed by atoms with Crippen molar-refractivity contribution in [3.05, 3.63) is 22.4 Å². The van der Waals surface area contributed by atoms with Gasteiger partial charge in [0.1, 0.15) is 0 Å². The summed E-state index contributed by atoms with van der Waals surface area (Å²) in [6.07, 6.45) is 2.58. The molecule has 1 saturated heterocycles. The van der Waals surface area contributed by atoms with Crippen LogP contribution in [-0.2, 0) is 11.2 Å². The summed E-state index contributed by atoms with van der Waals surface area (Å²) < 4.78 is 5.29. The summed E-state index contributed by atoms with van der Waals surface area (Å²) in [5.74, 6) is 0. The highest BCUT2D eigenvalue weighted by Gasteiger charge is 2.30. The lowest BCUT2D eigenvalue weighted by Crippen LogP contribution is -2.46. The van der Waals surface area contributed by atoms with E-state index in [-0.39, 0.29) is 0 Å². The number of thiophene rings is 1. The topological polar surface area (TPSA) is 32.7 Å². The van der Waals surface area contributed by atoms with Gasteiger partial charge in [0, 0.05) is 39.1 Å². The summed E-state index contributed by atoms with van der Waals surface area (Å²) in [5.41, 5.74) is 0.850. The summed E-state index contributed by atoms with van der Waals surface area (Å²) in [6.45, 7) is 3.13. The summed E-state index contributed by atoms with van der Waals surface area (Å²) in [7, 11) is 2.08. The highest BCUT2D eigenvalue weighted by Crippen LogP contribution is 2.21. The molecule has 0 aromatic carbocycles. The van der Waals surface area contributed by atoms with Gasteiger partial charge in [0.15, 0.2) is 0 Å². The Labute approximate surface area is 107 Å². The Kier molecular flexibility index (Phi) is 4.56. The van der Waals surface area contributed by atoms with Crippen LogP contribution in [0.15, 0.2) is 16.8 Å². The molecule has 1 fully saturated rings. The summed E-state index contributed by atoms with van der Waals surface area (Å²) in [4.78, 5) is 2.23. The van der Waals surface area contributed by atoms with E-state index >= 15 is 0 Å². The highest BCUT2D eigenvalue weighted by molar-refractivity contribution is 7.07. The van der Waals surface area contributed by atoms with E-state index in [1.54, 1.807) is 11.3 Å². The summed E-state index contributed by atoms with van der Waals surface area (Å²) in [5, 5.41) is 14.7. The van der Waals surface area contributed by atoms with Crippen molar-refractivity contribution in [1.29, 1.82) is 0 Å². The largest absolute Gasteiger partial charge is 0.388 e. The average molecular weight is 255 g/mol. The van der Waals surface area contributed by atoms with E-state index in [0.717, 1.165) is 32.4 Å². The van der Waals surface area contributed by atoms with Crippen LogP contribution in [0.1, 0.15) is 18.4 Å². The minimum absolute atomic E-state index is 0.540. The molecule has 0 amide bonds. The molecular formula is C13H21NO2S. The van der Waals surface area contributed by atoms with Crippen LogP contribution in [0.4, 0.5) is 0 Å². The Hall–Kier alpha value is -0.420. The molecule has 2 rings (SSSR count). The van der Waals surface area contributed by atoms with Crippen LogP contribution in [0.2, 0.25) is 0 Å². The van der Waals surface area contributed by atoms with Crippen molar-refractivity contribution in [2.75, 3.05) is 33.4 Å². The molecular weight excluding hydrogens is 234 g/mol. The standard InChI is InChI=1S/C13H21NO2S/c1-14(6-2-12-3-9-17-10-12)11-13(15)4-7-16-8-5-13/h3,9-10,15H,2,4-8,11H2,1H3. The second kappa shape index (κ2) is 5.96. The third-order valence-corrected chi connectivity index (χ3v) is 4.08. The Morgan fingerprint density at radius 3 is 2.88 bits per heavy atom. The zero-order chi connectivity index (χ0) is 12.1. The van der Waals surface area contributed by atoms with Gasteiger partial charge in [-0.15, -0.1) is 0 Å². The van der Waals surface area contributed by atoms with E-state index in [1.165, 1.54) is 5.56 Å². The molecule has 0 spiro atoms. The van der Waals surface area contributed by atoms with Gasteiger partial charge in [-0.25, -0.2) is 0 Å². The van der Waals surface area contributed by atoms with Crippen molar-refractivity contribution in [2.24, 2.45) is 0 Å². The fraction of sp³-hybridized carbons (Fsp3) is 0.692. The van der Waals surface area contributed by atoms with Crippen molar-refractivity contribution >= 4 is 11.3 Å². The Morgan fingerprint density at radius 2 is 2.24 bits per heavy atom. The van der Waals surface area contributed by atoms with Crippen molar-refractivity contribution in [3.8, 4) is 0 Å². The second-order valence-corrected chi connectivity index (χ2v) is 5.74. The molecule has 1 aromatic heterocycles. The molecule has 1 N–H and O–H groups in total. The first-order chi connectivity index (χ1) is 8.18. The number of aliphatic hydroxyl groups is 1. The maximum atomic E-state index is 10.4. The van der Waals surface area contributed by atoms with E-state index in [0.29, 0.717) is 13.2 Å². The fourth-order valence-corrected chi connectivity index (χ4v) is 2.95. The first-order valence-electron chi connectivity index (χ1n) is 6.18. The molecule has 2 heterocycles. The van der Waals surface area contributed by atoms with Gasteiger partial charge in [0.05, 0.1) is 5.60 Å². The molecule has 4 heteroatoms. The van der Waals surface area contributed by atoms with Crippen LogP contribution in [0.25, 0.3) is 0 Å². The van der Waals surface area contributed by atoms with E-state index in [4.69, 9.17) is 4.74 Å². The smallest absolute Gasteiger partial charge is 0.0817 e. The number of ether oxygens (including phenoxy) is 1. The van der Waals surface area contributed by atoms with Crippen LogP contribution < -0.4 is 0 Å². The van der Waals surface area contributed by atoms with Gasteiger partial charge in [-0.2, -0.15) is 11.3 Å². The summed E-state index contributed by atoms with van der Waals surface area (Å²) in [6, 6.07) is 2.17. The Balaban J connectivity index is 1.74. The van der Waals surface area contributed by atoms with Crippen molar-refractivity contribution in [2.45, 2.75) is 24.9 Å². The van der Waals surface area contributed by atoms with Gasteiger partial charge >= 0.3 is 0 Å². The highest BCUT2D eigenvalue weighted by atomic mass is 32.1. The number of rotatable bonds is 5. The third kappa shape index (κ3) is 4.07. The van der Waals surface area contributed by atoms with Crippen molar-refractivity contribution in [3.63, 3.8) is 0 Å². The number of likely N-dealkylation sites (N-methyl/N-ethyl adjacent to an activating group) is 1. The van der Waals surface area contributed by atoms with Gasteiger partial charge < -0.3 is 14.7 Å². The number of nitrogens with zero attached hydrogens (tertiary/aromatic N) is 1. The monoisotopic (exact) mass is 255 g/mol. The average Bonchev–Trinajstić information content (AvgIpc) is 2.79. The van der Waals surface area contributed by atoms with Crippen LogP contribution in [0.5, 0.6) is 0 Å². The van der Waals surface area contributed by atoms with Gasteiger partial charge in [-0.3, -0.25) is 0 Å². The molecule has 0 bridgehead atoms. The van der Waals surface area contributed by atoms with Crippen molar-refractivity contribution < 1.29 is 9.84 Å². The third-order valence-electron chi connectivity index (χ3n) is 3.35. The van der Waals surface area contributed by atoms with E-state index in [2.05, 4.69) is 28.8 Å². The maximum Gasteiger partial charge on any atom is 0.0817 e. The van der Waals surface area contributed by atoms with E-state index in [1.807, 2.05) is 0 Å². The molecule has 1 aliphatic heterocycles. The molecule has 0 saturated carbocycles. The Bertz CT molecular complexity index is 320. The lowest BCUT2D eigenvalue weighted by Gasteiger charge is -2.35. The fourth-order valence-electron chi connectivity index (χ4n) is 2.25. The first kappa shape index (κ1) is 13.0. The van der Waals surface area contributed by atoms with Gasteiger partial charge in [-0.05, 0) is 35.9 Å². The lowest BCUT2D eigenvalue weighted by atomic mass is 9.94. The van der Waals surface area contributed by atoms with Crippen LogP contribution >= 0.6 is 11.3 Å². The van der Waals surface area contributed by atoms with Crippen LogP contribution in [-0.4, -0.2) is 49.0 Å². The molecule has 0 atom stereocenters. The SMILES string of the molecule is CN(CCc1ccsc1)CC1(O)CCOCC1. The lowest BCUT2D eigenvalue weighted by molar-refractivity contribution is -0.0767. The van der Waals surface area contributed by atoms with Crippen LogP contribution in [0.3, 0.4) is 0 Å². The Morgan fingerprint density at radius 1 is 1.47 bits per heavy atom. The zero-order valence-corrected chi connectivity index (χ0v) is 11.2. The van der Waals surface area contributed by atoms with E-state index in [9.17, 15) is 5.11 Å². The van der Waals surface area contributed by atoms with Crippen molar-refractivity contribution in [1.82, 2.24) is 4.90 Å². The molecule has 17 heavy (non-hydrogen) atoms. The molecule has 0 unspecified atom stereocenters. The van der Waals surface area contributed by atoms with Gasteiger partial charge in [-0.1, -0.05) is 0 Å². The molecule has 1 aromatic rings. The number of hydrogen-bond donors (Lipinski definition) is 1. The quantitative estimate of drug-likeness (QED) is 0.870. The van der Waals surface area contributed by atoms with Crippen LogP contribution in [0, 0.1) is 0 Å². The molecule has 1 aliphatic rings. The normalized spacial score (nSPS) is 19.7. The predicted molar refractivity (Wildman–Crippen MR) is 70.5 cm³/mol. The minimum atomic E-state index is -0.540. The zero-order valence-electron chi connectivity index (χ0n) is 10.4. The second-order valence-electron chi connectivity index (χ2n) is 4.96. The number of hydrogen-bond acceptors (Lipinski definition) is 4. The van der Waals surface area contributed by atoms with E-state index < -0.39 is 5.60 Å². The minimum Gasteiger partial charge on any atom is -0.388 e. The van der Waals surface area contributed by atoms with Gasteiger partial charge in [0.2, 0.25) is 0 Å². The maximum absolute atomic E-state index is 10.4. The summed E-state index contributed by atoms with van der Waals surface area (Å²) >= 11 is 1.74.